The number of carbonyl (C=O) groups is 1. The van der Waals surface area contributed by atoms with Crippen molar-refractivity contribution in [3.8, 4) is 0 Å². The van der Waals surface area contributed by atoms with Gasteiger partial charge in [0.05, 0.1) is 0 Å². The van der Waals surface area contributed by atoms with E-state index in [0.717, 1.165) is 17.5 Å². The lowest BCUT2D eigenvalue weighted by Crippen LogP contribution is -2.27. The van der Waals surface area contributed by atoms with Crippen LogP contribution < -0.4 is 10.5 Å². The quantitative estimate of drug-likeness (QED) is 0.876. The van der Waals surface area contributed by atoms with Gasteiger partial charge in [-0.1, -0.05) is 17.7 Å². The summed E-state index contributed by atoms with van der Waals surface area (Å²) in [5, 5.41) is 0.640. The van der Waals surface area contributed by atoms with E-state index >= 15 is 0 Å². The van der Waals surface area contributed by atoms with Gasteiger partial charge in [-0.2, -0.15) is 0 Å². The second-order valence-corrected chi connectivity index (χ2v) is 7.74. The van der Waals surface area contributed by atoms with Gasteiger partial charge in [0, 0.05) is 24.3 Å². The van der Waals surface area contributed by atoms with Gasteiger partial charge in [0.2, 0.25) is 10.0 Å². The first-order chi connectivity index (χ1) is 10.8. The minimum Gasteiger partial charge on any atom is -0.364 e. The van der Waals surface area contributed by atoms with Gasteiger partial charge in [-0.05, 0) is 42.2 Å². The Hall–Kier alpha value is -1.83. The number of hydrogen-bond donors (Lipinski definition) is 2. The Balaban J connectivity index is 1.89. The predicted molar refractivity (Wildman–Crippen MR) is 86.8 cm³/mol. The Morgan fingerprint density at radius 1 is 1.39 bits per heavy atom. The molecular weight excluding hydrogens is 338 g/mol. The third-order valence-electron chi connectivity index (χ3n) is 4.02. The first-order valence-electron chi connectivity index (χ1n) is 7.05. The van der Waals surface area contributed by atoms with Crippen LogP contribution in [0.3, 0.4) is 0 Å². The molecule has 3 rings (SSSR count). The summed E-state index contributed by atoms with van der Waals surface area (Å²) in [6.07, 6.45) is 2.81. The summed E-state index contributed by atoms with van der Waals surface area (Å²) in [6.45, 7) is 0. The number of nitrogens with one attached hydrogen (secondary N) is 1. The van der Waals surface area contributed by atoms with Crippen LogP contribution >= 0.6 is 11.6 Å². The third-order valence-corrected chi connectivity index (χ3v) is 5.70. The van der Waals surface area contributed by atoms with Gasteiger partial charge < -0.3 is 10.3 Å². The molecule has 2 aromatic rings. The Kier molecular flexibility index (Phi) is 3.95. The summed E-state index contributed by atoms with van der Waals surface area (Å²) in [6, 6.07) is 6.43. The number of benzene rings is 1. The van der Waals surface area contributed by atoms with E-state index in [9.17, 15) is 13.2 Å². The number of hydrogen-bond acceptors (Lipinski definition) is 3. The van der Waals surface area contributed by atoms with Crippen molar-refractivity contribution in [3.63, 3.8) is 0 Å². The lowest BCUT2D eigenvalue weighted by atomic mass is 10.1. The molecule has 1 aromatic heterocycles. The summed E-state index contributed by atoms with van der Waals surface area (Å²) in [7, 11) is -2.17. The second kappa shape index (κ2) is 5.67. The fourth-order valence-electron chi connectivity index (χ4n) is 2.89. The highest BCUT2D eigenvalue weighted by molar-refractivity contribution is 7.89. The van der Waals surface area contributed by atoms with Crippen LogP contribution in [0, 0.1) is 0 Å². The number of rotatable bonds is 4. The van der Waals surface area contributed by atoms with E-state index in [-0.39, 0.29) is 16.6 Å². The molecule has 0 fully saturated rings. The Labute approximate surface area is 139 Å². The number of primary amides is 1. The number of fused-ring (bicyclic) bond motifs is 1. The van der Waals surface area contributed by atoms with Gasteiger partial charge in [0.1, 0.15) is 10.6 Å². The van der Waals surface area contributed by atoms with Gasteiger partial charge in [-0.15, -0.1) is 0 Å². The van der Waals surface area contributed by atoms with Crippen LogP contribution in [0.15, 0.2) is 35.4 Å². The number of sulfonamides is 1. The Morgan fingerprint density at radius 3 is 2.78 bits per heavy atom. The smallest absolute Gasteiger partial charge is 0.265 e. The van der Waals surface area contributed by atoms with Crippen molar-refractivity contribution in [2.24, 2.45) is 12.8 Å². The molecule has 23 heavy (non-hydrogen) atoms. The van der Waals surface area contributed by atoms with Crippen LogP contribution in [0.25, 0.3) is 0 Å². The molecule has 8 heteroatoms. The van der Waals surface area contributed by atoms with Crippen molar-refractivity contribution >= 4 is 27.5 Å². The molecular formula is C15H16ClN3O3S. The minimum absolute atomic E-state index is 0.0243. The van der Waals surface area contributed by atoms with E-state index in [1.165, 1.54) is 16.8 Å². The van der Waals surface area contributed by atoms with Gasteiger partial charge in [0.25, 0.3) is 5.91 Å². The summed E-state index contributed by atoms with van der Waals surface area (Å²) in [4.78, 5) is 11.3. The minimum atomic E-state index is -3.74. The fraction of sp³-hybridized carbons (Fsp3) is 0.267. The highest BCUT2D eigenvalue weighted by atomic mass is 35.5. The highest BCUT2D eigenvalue weighted by Crippen LogP contribution is 2.34. The van der Waals surface area contributed by atoms with Crippen LogP contribution in [-0.2, 0) is 23.5 Å². The summed E-state index contributed by atoms with van der Waals surface area (Å²) in [5.41, 5.74) is 7.35. The summed E-state index contributed by atoms with van der Waals surface area (Å²) in [5.74, 6) is -0.671. The lowest BCUT2D eigenvalue weighted by molar-refractivity contribution is 0.0992. The van der Waals surface area contributed by atoms with Crippen molar-refractivity contribution < 1.29 is 13.2 Å². The number of carbonyl (C=O) groups excluding carboxylic acids is 1. The molecule has 1 heterocycles. The molecule has 0 aliphatic heterocycles. The second-order valence-electron chi connectivity index (χ2n) is 5.59. The molecule has 1 aliphatic carbocycles. The molecule has 1 aromatic carbocycles. The van der Waals surface area contributed by atoms with Gasteiger partial charge in [0.15, 0.2) is 0 Å². The van der Waals surface area contributed by atoms with Gasteiger partial charge >= 0.3 is 0 Å². The zero-order chi connectivity index (χ0) is 16.8. The van der Waals surface area contributed by atoms with E-state index in [1.807, 2.05) is 12.1 Å². The highest BCUT2D eigenvalue weighted by Gasteiger charge is 2.28. The third kappa shape index (κ3) is 2.99. The Bertz CT molecular complexity index is 889. The first kappa shape index (κ1) is 16.0. The average Bonchev–Trinajstić information content (AvgIpc) is 3.03. The van der Waals surface area contributed by atoms with Crippen LogP contribution in [0.2, 0.25) is 5.02 Å². The lowest BCUT2D eigenvalue weighted by Gasteiger charge is -2.13. The van der Waals surface area contributed by atoms with Gasteiger partial charge in [-0.3, -0.25) is 4.79 Å². The van der Waals surface area contributed by atoms with Crippen molar-refractivity contribution in [3.05, 3.63) is 52.3 Å². The van der Waals surface area contributed by atoms with Crippen molar-refractivity contribution in [1.82, 2.24) is 9.29 Å². The van der Waals surface area contributed by atoms with E-state index < -0.39 is 15.9 Å². The van der Waals surface area contributed by atoms with Crippen molar-refractivity contribution in [2.75, 3.05) is 0 Å². The standard InChI is InChI=1S/C15H16ClN3O3S/c1-19-8-11(7-14(19)15(17)20)23(21,22)18-13-5-2-9-6-10(16)3-4-12(9)13/h3-4,6-8,13,18H,2,5H2,1H3,(H2,17,20)/t13-/m1/s1. The van der Waals surface area contributed by atoms with Crippen molar-refractivity contribution in [2.45, 2.75) is 23.8 Å². The number of halogens is 1. The molecule has 0 bridgehead atoms. The molecule has 0 spiro atoms. The van der Waals surface area contributed by atoms with Crippen molar-refractivity contribution in [1.29, 1.82) is 0 Å². The summed E-state index contributed by atoms with van der Waals surface area (Å²) >= 11 is 5.96. The molecule has 1 atom stereocenters. The molecule has 1 aliphatic rings. The van der Waals surface area contributed by atoms with E-state index in [4.69, 9.17) is 17.3 Å². The zero-order valence-electron chi connectivity index (χ0n) is 12.4. The maximum Gasteiger partial charge on any atom is 0.265 e. The number of amides is 1. The number of nitrogens with two attached hydrogens (primary N) is 1. The monoisotopic (exact) mass is 353 g/mol. The largest absolute Gasteiger partial charge is 0.364 e. The number of aromatic nitrogens is 1. The SMILES string of the molecule is Cn1cc(S(=O)(=O)N[C@@H]2CCc3cc(Cl)ccc32)cc1C(N)=O. The zero-order valence-corrected chi connectivity index (χ0v) is 14.0. The van der Waals surface area contributed by atoms with E-state index in [2.05, 4.69) is 4.72 Å². The summed E-state index contributed by atoms with van der Waals surface area (Å²) < 4.78 is 29.2. The van der Waals surface area contributed by atoms with Crippen LogP contribution in [0.4, 0.5) is 0 Å². The normalized spacial score (nSPS) is 17.2. The van der Waals surface area contributed by atoms with E-state index in [0.29, 0.717) is 11.4 Å². The Morgan fingerprint density at radius 2 is 2.13 bits per heavy atom. The predicted octanol–water partition coefficient (Wildman–Crippen LogP) is 1.74. The molecule has 0 saturated heterocycles. The molecule has 0 unspecified atom stereocenters. The fourth-order valence-corrected chi connectivity index (χ4v) is 4.40. The maximum atomic E-state index is 12.6. The van der Waals surface area contributed by atoms with Crippen LogP contribution in [0.5, 0.6) is 0 Å². The van der Waals surface area contributed by atoms with Crippen LogP contribution in [-0.4, -0.2) is 18.9 Å². The molecule has 1 amide bonds. The van der Waals surface area contributed by atoms with Gasteiger partial charge in [-0.25, -0.2) is 13.1 Å². The molecule has 3 N–H and O–H groups in total. The van der Waals surface area contributed by atoms with Crippen LogP contribution in [0.1, 0.15) is 34.1 Å². The molecule has 6 nitrogen and oxygen atoms in total. The topological polar surface area (TPSA) is 94.2 Å². The molecule has 122 valence electrons. The first-order valence-corrected chi connectivity index (χ1v) is 8.91. The average molecular weight is 354 g/mol. The maximum absolute atomic E-state index is 12.6. The number of aryl methyl sites for hydroxylation is 2. The van der Waals surface area contributed by atoms with E-state index in [1.54, 1.807) is 13.1 Å². The molecule has 0 radical (unpaired) electrons. The number of nitrogens with zero attached hydrogens (tertiary/aromatic N) is 1. The molecule has 0 saturated carbocycles.